The highest BCUT2D eigenvalue weighted by Crippen LogP contribution is 2.33. The van der Waals surface area contributed by atoms with E-state index in [0.29, 0.717) is 17.2 Å². The van der Waals surface area contributed by atoms with Crippen molar-refractivity contribution in [1.82, 2.24) is 10.1 Å². The quantitative estimate of drug-likeness (QED) is 0.942. The molecule has 1 atom stereocenters. The molecular formula is C16H20N2O3S. The Morgan fingerprint density at radius 2 is 2.23 bits per heavy atom. The second-order valence-corrected chi connectivity index (χ2v) is 6.85. The van der Waals surface area contributed by atoms with Gasteiger partial charge in [-0.1, -0.05) is 18.1 Å². The second-order valence-electron chi connectivity index (χ2n) is 5.90. The molecule has 0 bridgehead atoms. The molecule has 3 rings (SSSR count). The lowest BCUT2D eigenvalue weighted by Gasteiger charge is -2.30. The number of aromatic nitrogens is 1. The first kappa shape index (κ1) is 15.2. The van der Waals surface area contributed by atoms with Gasteiger partial charge in [-0.25, -0.2) is 0 Å². The third-order valence-electron chi connectivity index (χ3n) is 4.14. The van der Waals surface area contributed by atoms with Crippen LogP contribution < -0.4 is 0 Å². The van der Waals surface area contributed by atoms with Gasteiger partial charge in [-0.15, -0.1) is 11.3 Å². The van der Waals surface area contributed by atoms with E-state index in [4.69, 9.17) is 4.52 Å². The third kappa shape index (κ3) is 2.80. The van der Waals surface area contributed by atoms with Gasteiger partial charge in [0.2, 0.25) is 0 Å². The van der Waals surface area contributed by atoms with Crippen molar-refractivity contribution < 1.29 is 14.4 Å². The van der Waals surface area contributed by atoms with E-state index in [1.165, 1.54) is 11.3 Å². The first-order valence-corrected chi connectivity index (χ1v) is 8.46. The number of rotatable bonds is 3. The van der Waals surface area contributed by atoms with E-state index in [9.17, 15) is 9.90 Å². The highest BCUT2D eigenvalue weighted by atomic mass is 32.1. The zero-order chi connectivity index (χ0) is 15.7. The number of carbonyl (C=O) groups is 1. The lowest BCUT2D eigenvalue weighted by atomic mass is 9.98. The summed E-state index contributed by atoms with van der Waals surface area (Å²) in [5.41, 5.74) is 0.946. The van der Waals surface area contributed by atoms with E-state index in [1.54, 1.807) is 6.92 Å². The van der Waals surface area contributed by atoms with Gasteiger partial charge < -0.3 is 14.5 Å². The Hall–Kier alpha value is -1.66. The zero-order valence-electron chi connectivity index (χ0n) is 12.8. The van der Waals surface area contributed by atoms with Crippen LogP contribution in [0.2, 0.25) is 0 Å². The Bertz CT molecular complexity index is 640. The van der Waals surface area contributed by atoms with Crippen molar-refractivity contribution in [3.05, 3.63) is 28.8 Å². The molecule has 2 aromatic rings. The number of amides is 1. The fourth-order valence-corrected chi connectivity index (χ4v) is 3.46. The van der Waals surface area contributed by atoms with Crippen LogP contribution in [0.3, 0.4) is 0 Å². The van der Waals surface area contributed by atoms with E-state index in [0.717, 1.165) is 30.8 Å². The van der Waals surface area contributed by atoms with Crippen LogP contribution in [0, 0.1) is 5.92 Å². The van der Waals surface area contributed by atoms with Crippen molar-refractivity contribution >= 4 is 17.2 Å². The number of nitrogens with zero attached hydrogens (tertiary/aromatic N) is 2. The van der Waals surface area contributed by atoms with E-state index in [-0.39, 0.29) is 11.7 Å². The monoisotopic (exact) mass is 320 g/mol. The maximum absolute atomic E-state index is 12.9. The van der Waals surface area contributed by atoms with Crippen molar-refractivity contribution in [3.8, 4) is 10.6 Å². The molecule has 0 spiro atoms. The molecule has 0 aromatic carbocycles. The van der Waals surface area contributed by atoms with Gasteiger partial charge in [0.15, 0.2) is 5.76 Å². The Labute approximate surface area is 133 Å². The summed E-state index contributed by atoms with van der Waals surface area (Å²) < 4.78 is 5.27. The number of hydrogen-bond acceptors (Lipinski definition) is 5. The molecule has 1 N–H and O–H groups in total. The molecular weight excluding hydrogens is 300 g/mol. The fraction of sp³-hybridized carbons (Fsp3) is 0.500. The predicted octanol–water partition coefficient (Wildman–Crippen LogP) is 3.33. The Morgan fingerprint density at radius 1 is 1.50 bits per heavy atom. The largest absolute Gasteiger partial charge is 0.385 e. The standard InChI is InChI=1S/C16H20N2O3S/c1-10-5-7-18(8-6-10)16(20)13-14(12-4-3-9-22-12)17-21-15(13)11(2)19/h3-4,9-11,19H,5-8H2,1-2H3/t11-/m0/s1. The lowest BCUT2D eigenvalue weighted by molar-refractivity contribution is 0.0686. The molecule has 1 fully saturated rings. The van der Waals surface area contributed by atoms with Crippen molar-refractivity contribution in [3.63, 3.8) is 0 Å². The van der Waals surface area contributed by atoms with Gasteiger partial charge in [0.25, 0.3) is 5.91 Å². The van der Waals surface area contributed by atoms with Gasteiger partial charge in [-0.05, 0) is 37.1 Å². The number of likely N-dealkylation sites (tertiary alicyclic amines) is 1. The summed E-state index contributed by atoms with van der Waals surface area (Å²) in [5.74, 6) is 0.819. The summed E-state index contributed by atoms with van der Waals surface area (Å²) in [7, 11) is 0. The number of aliphatic hydroxyl groups is 1. The summed E-state index contributed by atoms with van der Waals surface area (Å²) in [6.07, 6.45) is 1.16. The average Bonchev–Trinajstić information content (AvgIpc) is 3.16. The molecule has 6 heteroatoms. The lowest BCUT2D eigenvalue weighted by Crippen LogP contribution is -2.38. The molecule has 22 heavy (non-hydrogen) atoms. The molecule has 0 radical (unpaired) electrons. The predicted molar refractivity (Wildman–Crippen MR) is 84.8 cm³/mol. The van der Waals surface area contributed by atoms with Crippen LogP contribution in [-0.2, 0) is 0 Å². The highest BCUT2D eigenvalue weighted by molar-refractivity contribution is 7.13. The summed E-state index contributed by atoms with van der Waals surface area (Å²) in [4.78, 5) is 15.7. The molecule has 1 aliphatic rings. The molecule has 0 unspecified atom stereocenters. The molecule has 1 amide bonds. The molecule has 118 valence electrons. The summed E-state index contributed by atoms with van der Waals surface area (Å²) in [6, 6.07) is 3.82. The molecule has 0 saturated carbocycles. The van der Waals surface area contributed by atoms with Crippen molar-refractivity contribution in [2.24, 2.45) is 5.92 Å². The van der Waals surface area contributed by atoms with Crippen molar-refractivity contribution in [2.75, 3.05) is 13.1 Å². The molecule has 5 nitrogen and oxygen atoms in total. The first-order chi connectivity index (χ1) is 10.6. The van der Waals surface area contributed by atoms with Gasteiger partial charge in [-0.2, -0.15) is 0 Å². The van der Waals surface area contributed by atoms with Gasteiger partial charge in [0.05, 0.1) is 4.88 Å². The van der Waals surface area contributed by atoms with Gasteiger partial charge in [0.1, 0.15) is 17.4 Å². The SMILES string of the molecule is CC1CCN(C(=O)c2c(-c3cccs3)noc2[C@H](C)O)CC1. The molecule has 1 saturated heterocycles. The highest BCUT2D eigenvalue weighted by Gasteiger charge is 2.31. The van der Waals surface area contributed by atoms with Gasteiger partial charge >= 0.3 is 0 Å². The van der Waals surface area contributed by atoms with Crippen LogP contribution in [0.1, 0.15) is 48.9 Å². The summed E-state index contributed by atoms with van der Waals surface area (Å²) in [5, 5.41) is 15.9. The third-order valence-corrected chi connectivity index (χ3v) is 5.01. The van der Waals surface area contributed by atoms with Crippen LogP contribution in [0.4, 0.5) is 0 Å². The minimum Gasteiger partial charge on any atom is -0.385 e. The summed E-state index contributed by atoms with van der Waals surface area (Å²) >= 11 is 1.50. The maximum atomic E-state index is 12.9. The molecule has 0 aliphatic carbocycles. The van der Waals surface area contributed by atoms with E-state index >= 15 is 0 Å². The first-order valence-electron chi connectivity index (χ1n) is 7.58. The molecule has 2 aromatic heterocycles. The number of thiophene rings is 1. The summed E-state index contributed by atoms with van der Waals surface area (Å²) in [6.45, 7) is 5.29. The van der Waals surface area contributed by atoms with Gasteiger partial charge in [0, 0.05) is 13.1 Å². The van der Waals surface area contributed by atoms with Crippen molar-refractivity contribution in [2.45, 2.75) is 32.8 Å². The second kappa shape index (κ2) is 6.22. The number of hydrogen-bond donors (Lipinski definition) is 1. The topological polar surface area (TPSA) is 66.6 Å². The number of carbonyl (C=O) groups excluding carboxylic acids is 1. The van der Waals surface area contributed by atoms with E-state index < -0.39 is 6.10 Å². The molecule has 3 heterocycles. The van der Waals surface area contributed by atoms with E-state index in [1.807, 2.05) is 22.4 Å². The molecule has 1 aliphatic heterocycles. The minimum absolute atomic E-state index is 0.0903. The normalized spacial score (nSPS) is 17.7. The van der Waals surface area contributed by atoms with Crippen molar-refractivity contribution in [1.29, 1.82) is 0 Å². The van der Waals surface area contributed by atoms with Crippen LogP contribution in [0.5, 0.6) is 0 Å². The maximum Gasteiger partial charge on any atom is 0.259 e. The number of piperidine rings is 1. The van der Waals surface area contributed by atoms with Crippen LogP contribution in [0.15, 0.2) is 22.0 Å². The smallest absolute Gasteiger partial charge is 0.259 e. The number of aliphatic hydroxyl groups excluding tert-OH is 1. The minimum atomic E-state index is -0.858. The zero-order valence-corrected chi connectivity index (χ0v) is 13.6. The fourth-order valence-electron chi connectivity index (χ4n) is 2.75. The van der Waals surface area contributed by atoms with Crippen LogP contribution in [0.25, 0.3) is 10.6 Å². The Morgan fingerprint density at radius 3 is 2.82 bits per heavy atom. The van der Waals surface area contributed by atoms with E-state index in [2.05, 4.69) is 12.1 Å². The Balaban J connectivity index is 1.97. The van der Waals surface area contributed by atoms with Crippen LogP contribution in [-0.4, -0.2) is 34.2 Å². The van der Waals surface area contributed by atoms with Gasteiger partial charge in [-0.3, -0.25) is 4.79 Å². The van der Waals surface area contributed by atoms with Crippen LogP contribution >= 0.6 is 11.3 Å². The average molecular weight is 320 g/mol. The Kier molecular flexibility index (Phi) is 4.31.